The Bertz CT molecular complexity index is 1600. The summed E-state index contributed by atoms with van der Waals surface area (Å²) in [5.74, 6) is 1.83. The molecule has 1 saturated heterocycles. The summed E-state index contributed by atoms with van der Waals surface area (Å²) in [4.78, 5) is 29.6. The van der Waals surface area contributed by atoms with Crippen molar-refractivity contribution in [3.05, 3.63) is 89.0 Å². The second-order valence-electron chi connectivity index (χ2n) is 14.6. The third-order valence-corrected chi connectivity index (χ3v) is 9.57. The lowest BCUT2D eigenvalue weighted by molar-refractivity contribution is -0.118. The standard InChI is InChI=1S/C42H56N2O8/c1-30(35-11-7-8-12-38(35)48-6)49-25-10-26-50-34-18-15-32(16-19-34)36-21-23-43(41(46)52-42(2,3)4)28-39(36)51-29-31-13-14-33-17-20-40(45)44(37(33)27-31)22-9-24-47-5/h7-8,11-16,18-19,27,30,36,39H,9-10,17,20-26,28-29H2,1-6H3. The van der Waals surface area contributed by atoms with E-state index in [-0.39, 0.29) is 30.1 Å². The summed E-state index contributed by atoms with van der Waals surface area (Å²) in [5, 5.41) is 0. The van der Waals surface area contributed by atoms with Crippen LogP contribution in [0.15, 0.2) is 66.7 Å². The average molecular weight is 717 g/mol. The maximum atomic E-state index is 13.1. The van der Waals surface area contributed by atoms with E-state index >= 15 is 0 Å². The summed E-state index contributed by atoms with van der Waals surface area (Å²) in [6.45, 7) is 11.3. The number of hydrogen-bond acceptors (Lipinski definition) is 8. The predicted molar refractivity (Wildman–Crippen MR) is 201 cm³/mol. The Morgan fingerprint density at radius 1 is 0.942 bits per heavy atom. The number of rotatable bonds is 16. The molecule has 10 nitrogen and oxygen atoms in total. The van der Waals surface area contributed by atoms with Gasteiger partial charge in [0.1, 0.15) is 17.1 Å². The van der Waals surface area contributed by atoms with Gasteiger partial charge in [-0.25, -0.2) is 4.79 Å². The first kappa shape index (κ1) is 39.1. The maximum absolute atomic E-state index is 13.1. The Hall–Kier alpha value is -4.12. The zero-order chi connectivity index (χ0) is 37.1. The van der Waals surface area contributed by atoms with Crippen LogP contribution in [0.2, 0.25) is 0 Å². The molecule has 3 atom stereocenters. The number of nitrogens with zero attached hydrogens (tertiary/aromatic N) is 2. The van der Waals surface area contributed by atoms with Crippen molar-refractivity contribution in [1.29, 1.82) is 0 Å². The lowest BCUT2D eigenvalue weighted by atomic mass is 9.87. The lowest BCUT2D eigenvalue weighted by Gasteiger charge is -2.39. The molecular weight excluding hydrogens is 660 g/mol. The van der Waals surface area contributed by atoms with Gasteiger partial charge in [-0.15, -0.1) is 0 Å². The van der Waals surface area contributed by atoms with Gasteiger partial charge in [0.15, 0.2) is 0 Å². The third-order valence-electron chi connectivity index (χ3n) is 9.57. The Labute approximate surface area is 309 Å². The van der Waals surface area contributed by atoms with Gasteiger partial charge < -0.3 is 38.2 Å². The van der Waals surface area contributed by atoms with E-state index in [1.807, 2.05) is 69.0 Å². The molecule has 0 radical (unpaired) electrons. The van der Waals surface area contributed by atoms with E-state index in [0.717, 1.165) is 59.6 Å². The van der Waals surface area contributed by atoms with Crippen LogP contribution in [0.4, 0.5) is 10.5 Å². The topological polar surface area (TPSA) is 96.0 Å². The van der Waals surface area contributed by atoms with Gasteiger partial charge >= 0.3 is 6.09 Å². The van der Waals surface area contributed by atoms with Crippen LogP contribution in [0.3, 0.4) is 0 Å². The van der Waals surface area contributed by atoms with Gasteiger partial charge in [-0.2, -0.15) is 0 Å². The van der Waals surface area contributed by atoms with Crippen molar-refractivity contribution in [3.63, 3.8) is 0 Å². The molecule has 0 aliphatic carbocycles. The van der Waals surface area contributed by atoms with E-state index in [4.69, 9.17) is 28.4 Å². The van der Waals surface area contributed by atoms with Gasteiger partial charge in [0.05, 0.1) is 45.7 Å². The fourth-order valence-corrected chi connectivity index (χ4v) is 6.86. The minimum atomic E-state index is -0.588. The van der Waals surface area contributed by atoms with Crippen molar-refractivity contribution in [1.82, 2.24) is 4.90 Å². The molecule has 10 heteroatoms. The van der Waals surface area contributed by atoms with Gasteiger partial charge in [-0.1, -0.05) is 42.5 Å². The van der Waals surface area contributed by atoms with Crippen molar-refractivity contribution in [3.8, 4) is 11.5 Å². The minimum absolute atomic E-state index is 0.0716. The van der Waals surface area contributed by atoms with Crippen LogP contribution < -0.4 is 14.4 Å². The van der Waals surface area contributed by atoms with Crippen molar-refractivity contribution < 1.29 is 38.0 Å². The highest BCUT2D eigenvalue weighted by atomic mass is 16.6. The summed E-state index contributed by atoms with van der Waals surface area (Å²) in [6.07, 6.45) is 2.85. The van der Waals surface area contributed by atoms with Crippen LogP contribution in [0.25, 0.3) is 0 Å². The molecule has 1 fully saturated rings. The molecule has 0 saturated carbocycles. The lowest BCUT2D eigenvalue weighted by Crippen LogP contribution is -2.48. The number of benzene rings is 3. The molecule has 0 spiro atoms. The maximum Gasteiger partial charge on any atom is 0.410 e. The number of likely N-dealkylation sites (tertiary alicyclic amines) is 1. The van der Waals surface area contributed by atoms with Crippen molar-refractivity contribution in [2.24, 2.45) is 0 Å². The van der Waals surface area contributed by atoms with E-state index in [1.165, 1.54) is 5.56 Å². The monoisotopic (exact) mass is 716 g/mol. The molecule has 3 unspecified atom stereocenters. The Morgan fingerprint density at radius 2 is 1.73 bits per heavy atom. The molecule has 52 heavy (non-hydrogen) atoms. The van der Waals surface area contributed by atoms with Gasteiger partial charge in [0, 0.05) is 56.8 Å². The molecule has 3 aromatic rings. The quantitative estimate of drug-likeness (QED) is 0.138. The second-order valence-corrected chi connectivity index (χ2v) is 14.6. The first-order valence-corrected chi connectivity index (χ1v) is 18.5. The molecule has 2 aliphatic heterocycles. The van der Waals surface area contributed by atoms with Gasteiger partial charge in [-0.3, -0.25) is 4.79 Å². The number of amides is 2. The van der Waals surface area contributed by atoms with Crippen LogP contribution >= 0.6 is 0 Å². The van der Waals surface area contributed by atoms with Crippen LogP contribution in [0, 0.1) is 0 Å². The molecule has 0 aromatic heterocycles. The Kier molecular flexibility index (Phi) is 14.0. The second kappa shape index (κ2) is 18.6. The fraction of sp³-hybridized carbons (Fsp3) is 0.524. The largest absolute Gasteiger partial charge is 0.496 e. The highest BCUT2D eigenvalue weighted by Gasteiger charge is 2.35. The van der Waals surface area contributed by atoms with Crippen LogP contribution in [0.1, 0.15) is 87.7 Å². The van der Waals surface area contributed by atoms with Crippen LogP contribution in [0.5, 0.6) is 11.5 Å². The first-order valence-electron chi connectivity index (χ1n) is 18.5. The Morgan fingerprint density at radius 3 is 2.48 bits per heavy atom. The molecule has 3 aromatic carbocycles. The van der Waals surface area contributed by atoms with Crippen molar-refractivity contribution in [2.75, 3.05) is 58.6 Å². The number of para-hydroxylation sites is 1. The molecule has 0 N–H and O–H groups in total. The van der Waals surface area contributed by atoms with Crippen LogP contribution in [-0.4, -0.2) is 82.3 Å². The molecule has 282 valence electrons. The van der Waals surface area contributed by atoms with E-state index in [1.54, 1.807) is 19.1 Å². The minimum Gasteiger partial charge on any atom is -0.496 e. The molecule has 5 rings (SSSR count). The van der Waals surface area contributed by atoms with Gasteiger partial charge in [0.25, 0.3) is 0 Å². The zero-order valence-electron chi connectivity index (χ0n) is 31.7. The van der Waals surface area contributed by atoms with Gasteiger partial charge in [-0.05, 0) is 87.9 Å². The molecular formula is C42H56N2O8. The van der Waals surface area contributed by atoms with E-state index in [2.05, 4.69) is 30.3 Å². The smallest absolute Gasteiger partial charge is 0.410 e. The van der Waals surface area contributed by atoms with Gasteiger partial charge in [0.2, 0.25) is 5.91 Å². The number of anilines is 1. The normalized spacial score (nSPS) is 18.2. The predicted octanol–water partition coefficient (Wildman–Crippen LogP) is 7.87. The number of hydrogen-bond donors (Lipinski definition) is 0. The third kappa shape index (κ3) is 10.7. The molecule has 2 aliphatic rings. The first-order chi connectivity index (χ1) is 25.1. The summed E-state index contributed by atoms with van der Waals surface area (Å²) < 4.78 is 35.2. The van der Waals surface area contributed by atoms with Crippen molar-refractivity contribution >= 4 is 17.7 Å². The number of carbonyl (C=O) groups is 2. The number of ether oxygens (including phenoxy) is 6. The Balaban J connectivity index is 1.21. The zero-order valence-corrected chi connectivity index (χ0v) is 31.7. The van der Waals surface area contributed by atoms with E-state index < -0.39 is 5.60 Å². The highest BCUT2D eigenvalue weighted by molar-refractivity contribution is 5.96. The molecule has 2 amide bonds. The van der Waals surface area contributed by atoms with E-state index in [9.17, 15) is 9.59 Å². The molecule has 0 bridgehead atoms. The van der Waals surface area contributed by atoms with E-state index in [0.29, 0.717) is 52.5 Å². The number of methoxy groups -OCH3 is 2. The number of carbonyl (C=O) groups excluding carboxylic acids is 2. The summed E-state index contributed by atoms with van der Waals surface area (Å²) in [5.41, 5.74) is 4.69. The average Bonchev–Trinajstić information content (AvgIpc) is 3.14. The number of aryl methyl sites for hydroxylation is 1. The SMILES string of the molecule is COCCCN1C(=O)CCc2ccc(COC3CN(C(=O)OC(C)(C)C)CCC3c3ccc(OCCCOC(C)c4ccccc4OC)cc3)cc21. The number of fused-ring (bicyclic) bond motifs is 1. The summed E-state index contributed by atoms with van der Waals surface area (Å²) >= 11 is 0. The molecule has 2 heterocycles. The summed E-state index contributed by atoms with van der Waals surface area (Å²) in [6, 6.07) is 22.4. The van der Waals surface area contributed by atoms with Crippen molar-refractivity contribution in [2.45, 2.75) is 90.1 Å². The summed E-state index contributed by atoms with van der Waals surface area (Å²) in [7, 11) is 3.35. The fourth-order valence-electron chi connectivity index (χ4n) is 6.86. The van der Waals surface area contributed by atoms with Crippen LogP contribution in [-0.2, 0) is 36.8 Å². The number of piperidine rings is 1. The highest BCUT2D eigenvalue weighted by Crippen LogP contribution is 2.34.